The fourth-order valence-electron chi connectivity index (χ4n) is 2.28. The minimum absolute atomic E-state index is 0.0509. The van der Waals surface area contributed by atoms with Gasteiger partial charge in [-0.15, -0.1) is 13.2 Å². The SMILES string of the molecule is NCC1(C(=O)c2ccccc2OC(F)(F)F)CCC1. The molecule has 0 heterocycles. The molecule has 0 saturated heterocycles. The van der Waals surface area contributed by atoms with Gasteiger partial charge < -0.3 is 10.5 Å². The maximum Gasteiger partial charge on any atom is 0.573 e. The number of hydrogen-bond acceptors (Lipinski definition) is 3. The van der Waals surface area contributed by atoms with Gasteiger partial charge >= 0.3 is 6.36 Å². The molecule has 19 heavy (non-hydrogen) atoms. The molecular weight excluding hydrogens is 259 g/mol. The predicted octanol–water partition coefficient (Wildman–Crippen LogP) is 2.90. The van der Waals surface area contributed by atoms with E-state index in [2.05, 4.69) is 4.74 Å². The van der Waals surface area contributed by atoms with Gasteiger partial charge in [-0.3, -0.25) is 4.79 Å². The van der Waals surface area contributed by atoms with Crippen molar-refractivity contribution < 1.29 is 22.7 Å². The van der Waals surface area contributed by atoms with E-state index in [4.69, 9.17) is 5.73 Å². The smallest absolute Gasteiger partial charge is 0.405 e. The first-order valence-electron chi connectivity index (χ1n) is 5.98. The summed E-state index contributed by atoms with van der Waals surface area (Å²) in [6.07, 6.45) is -2.72. The van der Waals surface area contributed by atoms with Crippen LogP contribution in [0, 0.1) is 5.41 Å². The molecule has 104 valence electrons. The number of Topliss-reactive ketones (excluding diaryl/α,β-unsaturated/α-hetero) is 1. The average molecular weight is 273 g/mol. The first-order valence-corrected chi connectivity index (χ1v) is 5.98. The Balaban J connectivity index is 2.32. The fraction of sp³-hybridized carbons (Fsp3) is 0.462. The van der Waals surface area contributed by atoms with Gasteiger partial charge in [0.1, 0.15) is 5.75 Å². The molecule has 1 aromatic rings. The summed E-state index contributed by atoms with van der Waals surface area (Å²) in [5.74, 6) is -0.819. The molecule has 3 nitrogen and oxygen atoms in total. The number of hydrogen-bond donors (Lipinski definition) is 1. The largest absolute Gasteiger partial charge is 0.573 e. The maximum absolute atomic E-state index is 12.4. The number of carbonyl (C=O) groups is 1. The minimum Gasteiger partial charge on any atom is -0.405 e. The first-order chi connectivity index (χ1) is 8.88. The number of carbonyl (C=O) groups excluding carboxylic acids is 1. The van der Waals surface area contributed by atoms with Crippen LogP contribution in [0.4, 0.5) is 13.2 Å². The zero-order valence-electron chi connectivity index (χ0n) is 10.2. The van der Waals surface area contributed by atoms with Crippen LogP contribution in [0.1, 0.15) is 29.6 Å². The molecule has 0 bridgehead atoms. The van der Waals surface area contributed by atoms with Crippen LogP contribution in [0.3, 0.4) is 0 Å². The number of halogens is 3. The molecule has 2 rings (SSSR count). The van der Waals surface area contributed by atoms with Crippen molar-refractivity contribution in [2.24, 2.45) is 11.1 Å². The van der Waals surface area contributed by atoms with E-state index in [1.807, 2.05) is 0 Å². The van der Waals surface area contributed by atoms with E-state index >= 15 is 0 Å². The van der Waals surface area contributed by atoms with Crippen LogP contribution in [0.2, 0.25) is 0 Å². The Bertz CT molecular complexity index is 476. The Hall–Kier alpha value is -1.56. The maximum atomic E-state index is 12.4. The second-order valence-electron chi connectivity index (χ2n) is 4.71. The molecule has 1 saturated carbocycles. The summed E-state index contributed by atoms with van der Waals surface area (Å²) >= 11 is 0. The van der Waals surface area contributed by atoms with Crippen molar-refractivity contribution in [2.45, 2.75) is 25.6 Å². The van der Waals surface area contributed by atoms with Gasteiger partial charge in [-0.25, -0.2) is 0 Å². The van der Waals surface area contributed by atoms with Crippen LogP contribution in [0.15, 0.2) is 24.3 Å². The molecule has 0 amide bonds. The average Bonchev–Trinajstić information content (AvgIpc) is 2.26. The number of ketones is 1. The van der Waals surface area contributed by atoms with Crippen molar-refractivity contribution in [1.29, 1.82) is 0 Å². The fourth-order valence-corrected chi connectivity index (χ4v) is 2.28. The summed E-state index contributed by atoms with van der Waals surface area (Å²) in [7, 11) is 0. The molecule has 1 fully saturated rings. The van der Waals surface area contributed by atoms with Crippen molar-refractivity contribution in [1.82, 2.24) is 0 Å². The molecule has 1 aliphatic rings. The van der Waals surface area contributed by atoms with E-state index in [0.29, 0.717) is 12.8 Å². The Morgan fingerprint density at radius 2 is 1.95 bits per heavy atom. The van der Waals surface area contributed by atoms with E-state index in [0.717, 1.165) is 12.5 Å². The van der Waals surface area contributed by atoms with E-state index in [9.17, 15) is 18.0 Å². The standard InChI is InChI=1S/C13H14F3NO2/c14-13(15,16)19-10-5-2-1-4-9(10)11(18)12(8-17)6-3-7-12/h1-2,4-5H,3,6-8,17H2. The molecule has 2 N–H and O–H groups in total. The van der Waals surface area contributed by atoms with Crippen molar-refractivity contribution in [2.75, 3.05) is 6.54 Å². The zero-order chi connectivity index (χ0) is 14.1. The van der Waals surface area contributed by atoms with Gasteiger partial charge in [-0.1, -0.05) is 18.6 Å². The highest BCUT2D eigenvalue weighted by Gasteiger charge is 2.44. The Morgan fingerprint density at radius 3 is 2.42 bits per heavy atom. The Morgan fingerprint density at radius 1 is 1.32 bits per heavy atom. The predicted molar refractivity (Wildman–Crippen MR) is 62.8 cm³/mol. The summed E-state index contributed by atoms with van der Waals surface area (Å²) in [5.41, 5.74) is 4.83. The molecule has 1 aliphatic carbocycles. The van der Waals surface area contributed by atoms with Gasteiger partial charge in [-0.2, -0.15) is 0 Å². The van der Waals surface area contributed by atoms with Crippen molar-refractivity contribution in [3.63, 3.8) is 0 Å². The van der Waals surface area contributed by atoms with E-state index in [1.54, 1.807) is 0 Å². The molecule has 0 aliphatic heterocycles. The third-order valence-electron chi connectivity index (χ3n) is 3.54. The quantitative estimate of drug-likeness (QED) is 0.858. The molecule has 0 spiro atoms. The third-order valence-corrected chi connectivity index (χ3v) is 3.54. The Kier molecular flexibility index (Phi) is 3.54. The van der Waals surface area contributed by atoms with Gasteiger partial charge in [0.25, 0.3) is 0 Å². The van der Waals surface area contributed by atoms with E-state index in [1.165, 1.54) is 18.2 Å². The number of rotatable bonds is 4. The van der Waals surface area contributed by atoms with Crippen LogP contribution < -0.4 is 10.5 Å². The summed E-state index contributed by atoms with van der Waals surface area (Å²) in [5, 5.41) is 0. The Labute approximate surface area is 108 Å². The minimum atomic E-state index is -4.81. The number of ether oxygens (including phenoxy) is 1. The normalized spacial score (nSPS) is 17.7. The van der Waals surface area contributed by atoms with Crippen LogP contribution >= 0.6 is 0 Å². The topological polar surface area (TPSA) is 52.3 Å². The van der Waals surface area contributed by atoms with E-state index < -0.39 is 17.5 Å². The molecule has 0 unspecified atom stereocenters. The van der Waals surface area contributed by atoms with Crippen LogP contribution in [-0.2, 0) is 0 Å². The summed E-state index contributed by atoms with van der Waals surface area (Å²) in [6.45, 7) is 0.145. The van der Waals surface area contributed by atoms with Crippen LogP contribution in [-0.4, -0.2) is 18.7 Å². The van der Waals surface area contributed by atoms with Crippen molar-refractivity contribution in [3.8, 4) is 5.75 Å². The summed E-state index contributed by atoms with van der Waals surface area (Å²) in [4.78, 5) is 12.4. The lowest BCUT2D eigenvalue weighted by Gasteiger charge is -2.39. The van der Waals surface area contributed by atoms with Crippen molar-refractivity contribution >= 4 is 5.78 Å². The highest BCUT2D eigenvalue weighted by Crippen LogP contribution is 2.44. The van der Waals surface area contributed by atoms with Gasteiger partial charge in [0.15, 0.2) is 5.78 Å². The van der Waals surface area contributed by atoms with E-state index in [-0.39, 0.29) is 17.9 Å². The molecule has 6 heteroatoms. The van der Waals surface area contributed by atoms with Gasteiger partial charge in [0.2, 0.25) is 0 Å². The lowest BCUT2D eigenvalue weighted by molar-refractivity contribution is -0.274. The zero-order valence-corrected chi connectivity index (χ0v) is 10.2. The highest BCUT2D eigenvalue weighted by atomic mass is 19.4. The molecule has 0 aromatic heterocycles. The lowest BCUT2D eigenvalue weighted by Crippen LogP contribution is -2.44. The highest BCUT2D eigenvalue weighted by molar-refractivity contribution is 6.03. The van der Waals surface area contributed by atoms with Crippen LogP contribution in [0.25, 0.3) is 0 Å². The molecule has 1 aromatic carbocycles. The first kappa shape index (κ1) is 13.9. The number of nitrogens with two attached hydrogens (primary N) is 1. The molecule has 0 atom stereocenters. The summed E-state index contributed by atoms with van der Waals surface area (Å²) in [6, 6.07) is 5.40. The monoisotopic (exact) mass is 273 g/mol. The van der Waals surface area contributed by atoms with Gasteiger partial charge in [0.05, 0.1) is 5.56 Å². The summed E-state index contributed by atoms with van der Waals surface area (Å²) < 4.78 is 40.8. The number of para-hydroxylation sites is 1. The lowest BCUT2D eigenvalue weighted by atomic mass is 9.64. The second kappa shape index (κ2) is 4.85. The van der Waals surface area contributed by atoms with Gasteiger partial charge in [0, 0.05) is 12.0 Å². The number of alkyl halides is 3. The van der Waals surface area contributed by atoms with Gasteiger partial charge in [-0.05, 0) is 25.0 Å². The third kappa shape index (κ3) is 2.73. The van der Waals surface area contributed by atoms with Crippen molar-refractivity contribution in [3.05, 3.63) is 29.8 Å². The van der Waals surface area contributed by atoms with Crippen LogP contribution in [0.5, 0.6) is 5.75 Å². The number of benzene rings is 1. The molecule has 0 radical (unpaired) electrons. The second-order valence-corrected chi connectivity index (χ2v) is 4.71. The molecular formula is C13H14F3NO2.